The summed E-state index contributed by atoms with van der Waals surface area (Å²) >= 11 is 0. The highest BCUT2D eigenvalue weighted by atomic mass is 19.4. The molecule has 0 radical (unpaired) electrons. The lowest BCUT2D eigenvalue weighted by atomic mass is 10.2. The number of alkyl halides is 3. The zero-order valence-corrected chi connectivity index (χ0v) is 10.6. The Bertz CT molecular complexity index is 366. The highest BCUT2D eigenvalue weighted by Gasteiger charge is 2.27. The summed E-state index contributed by atoms with van der Waals surface area (Å²) in [7, 11) is 1.68. The molecular weight excluding hydrogens is 243 g/mol. The number of pyridine rings is 1. The lowest BCUT2D eigenvalue weighted by Crippen LogP contribution is -2.24. The Labute approximate surface area is 105 Å². The number of anilines is 1. The van der Waals surface area contributed by atoms with Gasteiger partial charge in [-0.3, -0.25) is 0 Å². The third-order valence-corrected chi connectivity index (χ3v) is 2.45. The predicted octanol–water partition coefficient (Wildman–Crippen LogP) is 2.90. The van der Waals surface area contributed by atoms with Crippen molar-refractivity contribution in [3.63, 3.8) is 0 Å². The van der Waals surface area contributed by atoms with Gasteiger partial charge in [-0.25, -0.2) is 4.98 Å². The SMILES string of the molecule is CCNc1ncccc1CN(C)CCC(F)(F)F. The van der Waals surface area contributed by atoms with E-state index in [1.54, 1.807) is 24.2 Å². The van der Waals surface area contributed by atoms with Crippen molar-refractivity contribution in [2.24, 2.45) is 0 Å². The van der Waals surface area contributed by atoms with Gasteiger partial charge in [-0.15, -0.1) is 0 Å². The smallest absolute Gasteiger partial charge is 0.370 e. The van der Waals surface area contributed by atoms with Crippen LogP contribution >= 0.6 is 0 Å². The first kappa shape index (κ1) is 14.8. The first-order valence-electron chi connectivity index (χ1n) is 5.85. The summed E-state index contributed by atoms with van der Waals surface area (Å²) in [6.45, 7) is 3.12. The summed E-state index contributed by atoms with van der Waals surface area (Å²) in [6.07, 6.45) is -3.23. The molecule has 1 aromatic heterocycles. The van der Waals surface area contributed by atoms with E-state index in [2.05, 4.69) is 10.3 Å². The van der Waals surface area contributed by atoms with E-state index in [0.29, 0.717) is 6.54 Å². The van der Waals surface area contributed by atoms with Gasteiger partial charge in [-0.2, -0.15) is 13.2 Å². The largest absolute Gasteiger partial charge is 0.390 e. The summed E-state index contributed by atoms with van der Waals surface area (Å²) in [5.41, 5.74) is 0.907. The summed E-state index contributed by atoms with van der Waals surface area (Å²) in [5, 5.41) is 3.09. The second-order valence-corrected chi connectivity index (χ2v) is 4.14. The zero-order valence-electron chi connectivity index (χ0n) is 10.6. The van der Waals surface area contributed by atoms with Gasteiger partial charge in [-0.05, 0) is 20.0 Å². The van der Waals surface area contributed by atoms with Crippen LogP contribution in [0.1, 0.15) is 18.9 Å². The van der Waals surface area contributed by atoms with Crippen LogP contribution in [0.4, 0.5) is 19.0 Å². The predicted molar refractivity (Wildman–Crippen MR) is 65.4 cm³/mol. The molecule has 0 saturated carbocycles. The molecule has 0 spiro atoms. The molecule has 0 bridgehead atoms. The Kier molecular flexibility index (Phi) is 5.40. The molecule has 18 heavy (non-hydrogen) atoms. The monoisotopic (exact) mass is 261 g/mol. The molecular formula is C12H18F3N3. The van der Waals surface area contributed by atoms with E-state index in [-0.39, 0.29) is 6.54 Å². The van der Waals surface area contributed by atoms with Gasteiger partial charge < -0.3 is 10.2 Å². The molecule has 1 aromatic rings. The fourth-order valence-corrected chi connectivity index (χ4v) is 1.58. The van der Waals surface area contributed by atoms with Crippen LogP contribution in [0.2, 0.25) is 0 Å². The minimum atomic E-state index is -4.10. The van der Waals surface area contributed by atoms with E-state index < -0.39 is 12.6 Å². The third kappa shape index (κ3) is 5.35. The van der Waals surface area contributed by atoms with Gasteiger partial charge in [0.25, 0.3) is 0 Å². The molecule has 0 atom stereocenters. The third-order valence-electron chi connectivity index (χ3n) is 2.45. The van der Waals surface area contributed by atoms with E-state index in [0.717, 1.165) is 17.9 Å². The van der Waals surface area contributed by atoms with Crippen LogP contribution in [0.25, 0.3) is 0 Å². The van der Waals surface area contributed by atoms with Crippen LogP contribution < -0.4 is 5.32 Å². The number of halogens is 3. The number of nitrogens with one attached hydrogen (secondary N) is 1. The van der Waals surface area contributed by atoms with Gasteiger partial charge in [-0.1, -0.05) is 6.07 Å². The van der Waals surface area contributed by atoms with Crippen LogP contribution in [0.3, 0.4) is 0 Å². The van der Waals surface area contributed by atoms with Crippen LogP contribution in [-0.4, -0.2) is 36.2 Å². The number of rotatable bonds is 6. The zero-order chi connectivity index (χ0) is 13.6. The van der Waals surface area contributed by atoms with Crippen LogP contribution in [0, 0.1) is 0 Å². The summed E-state index contributed by atoms with van der Waals surface area (Å²) < 4.78 is 36.3. The van der Waals surface area contributed by atoms with Crippen molar-refractivity contribution in [3.8, 4) is 0 Å². The summed E-state index contributed by atoms with van der Waals surface area (Å²) in [6, 6.07) is 3.66. The Balaban J connectivity index is 2.55. The molecule has 3 nitrogen and oxygen atoms in total. The van der Waals surface area contributed by atoms with Crippen molar-refractivity contribution in [2.45, 2.75) is 26.1 Å². The normalized spacial score (nSPS) is 11.9. The van der Waals surface area contributed by atoms with Crippen molar-refractivity contribution in [1.82, 2.24) is 9.88 Å². The molecule has 0 fully saturated rings. The van der Waals surface area contributed by atoms with Crippen LogP contribution in [0.5, 0.6) is 0 Å². The number of hydrogen-bond donors (Lipinski definition) is 1. The standard InChI is InChI=1S/C12H18F3N3/c1-3-16-11-10(5-4-7-17-11)9-18(2)8-6-12(13,14)15/h4-5,7H,3,6,8-9H2,1-2H3,(H,16,17). The fraction of sp³-hybridized carbons (Fsp3) is 0.583. The first-order chi connectivity index (χ1) is 8.42. The second-order valence-electron chi connectivity index (χ2n) is 4.14. The number of aromatic nitrogens is 1. The minimum absolute atomic E-state index is 0.00996. The van der Waals surface area contributed by atoms with E-state index >= 15 is 0 Å². The topological polar surface area (TPSA) is 28.2 Å². The van der Waals surface area contributed by atoms with Crippen LogP contribution in [0.15, 0.2) is 18.3 Å². The maximum absolute atomic E-state index is 12.1. The van der Waals surface area contributed by atoms with Crippen molar-refractivity contribution < 1.29 is 13.2 Å². The lowest BCUT2D eigenvalue weighted by Gasteiger charge is -2.19. The summed E-state index contributed by atoms with van der Waals surface area (Å²) in [5.74, 6) is 0.735. The van der Waals surface area contributed by atoms with E-state index in [1.807, 2.05) is 13.0 Å². The molecule has 0 aliphatic heterocycles. The first-order valence-corrected chi connectivity index (χ1v) is 5.85. The summed E-state index contributed by atoms with van der Waals surface area (Å²) in [4.78, 5) is 5.81. The van der Waals surface area contributed by atoms with Crippen molar-refractivity contribution >= 4 is 5.82 Å². The van der Waals surface area contributed by atoms with Gasteiger partial charge in [0.05, 0.1) is 6.42 Å². The van der Waals surface area contributed by atoms with E-state index in [1.165, 1.54) is 0 Å². The van der Waals surface area contributed by atoms with Gasteiger partial charge in [0, 0.05) is 31.4 Å². The maximum atomic E-state index is 12.1. The van der Waals surface area contributed by atoms with Gasteiger partial charge >= 0.3 is 6.18 Å². The molecule has 0 aromatic carbocycles. The van der Waals surface area contributed by atoms with Gasteiger partial charge in [0.15, 0.2) is 0 Å². The van der Waals surface area contributed by atoms with Crippen molar-refractivity contribution in [2.75, 3.05) is 25.5 Å². The van der Waals surface area contributed by atoms with Crippen molar-refractivity contribution in [3.05, 3.63) is 23.9 Å². The van der Waals surface area contributed by atoms with Gasteiger partial charge in [0.1, 0.15) is 5.82 Å². The van der Waals surface area contributed by atoms with Crippen molar-refractivity contribution in [1.29, 1.82) is 0 Å². The highest BCUT2D eigenvalue weighted by Crippen LogP contribution is 2.20. The van der Waals surface area contributed by atoms with Gasteiger partial charge in [0.2, 0.25) is 0 Å². The molecule has 0 aliphatic rings. The minimum Gasteiger partial charge on any atom is -0.370 e. The molecule has 0 saturated heterocycles. The molecule has 0 unspecified atom stereocenters. The molecule has 0 amide bonds. The Hall–Kier alpha value is -1.30. The molecule has 1 N–H and O–H groups in total. The molecule has 6 heteroatoms. The number of hydrogen-bond acceptors (Lipinski definition) is 3. The van der Waals surface area contributed by atoms with Crippen LogP contribution in [-0.2, 0) is 6.54 Å². The molecule has 1 heterocycles. The average molecular weight is 261 g/mol. The quantitative estimate of drug-likeness (QED) is 0.853. The van der Waals surface area contributed by atoms with E-state index in [4.69, 9.17) is 0 Å². The molecule has 1 rings (SSSR count). The Morgan fingerprint density at radius 2 is 2.11 bits per heavy atom. The highest BCUT2D eigenvalue weighted by molar-refractivity contribution is 5.43. The Morgan fingerprint density at radius 1 is 1.39 bits per heavy atom. The fourth-order valence-electron chi connectivity index (χ4n) is 1.58. The average Bonchev–Trinajstić information content (AvgIpc) is 2.29. The van der Waals surface area contributed by atoms with E-state index in [9.17, 15) is 13.2 Å². The lowest BCUT2D eigenvalue weighted by molar-refractivity contribution is -0.137. The maximum Gasteiger partial charge on any atom is 0.390 e. The second kappa shape index (κ2) is 6.58. The Morgan fingerprint density at radius 3 is 2.72 bits per heavy atom. The molecule has 102 valence electrons. The number of nitrogens with zero attached hydrogens (tertiary/aromatic N) is 2. The molecule has 0 aliphatic carbocycles.